The first-order chi connectivity index (χ1) is 15.2. The number of benzene rings is 1. The lowest BCUT2D eigenvalue weighted by Gasteiger charge is -2.12. The van der Waals surface area contributed by atoms with E-state index in [1.165, 1.54) is 28.7 Å². The second-order valence-electron chi connectivity index (χ2n) is 7.58. The molecule has 0 aliphatic heterocycles. The fourth-order valence-electron chi connectivity index (χ4n) is 2.97. The molecule has 2 amide bonds. The van der Waals surface area contributed by atoms with Crippen molar-refractivity contribution in [3.63, 3.8) is 0 Å². The van der Waals surface area contributed by atoms with Crippen molar-refractivity contribution in [2.24, 2.45) is 0 Å². The molecule has 0 radical (unpaired) electrons. The van der Waals surface area contributed by atoms with Crippen molar-refractivity contribution >= 4 is 45.7 Å². The Balaban J connectivity index is 1.63. The number of carbonyl (C=O) groups is 2. The minimum absolute atomic E-state index is 0.104. The average molecular weight is 473 g/mol. The third-order valence-corrected chi connectivity index (χ3v) is 7.20. The summed E-state index contributed by atoms with van der Waals surface area (Å²) in [4.78, 5) is 30.6. The number of anilines is 2. The van der Waals surface area contributed by atoms with E-state index in [4.69, 9.17) is 0 Å². The van der Waals surface area contributed by atoms with Gasteiger partial charge in [0.05, 0.1) is 17.4 Å². The molecule has 3 aromatic rings. The zero-order valence-electron chi connectivity index (χ0n) is 19.1. The second-order valence-corrected chi connectivity index (χ2v) is 10.1. The van der Waals surface area contributed by atoms with Gasteiger partial charge in [-0.25, -0.2) is 4.98 Å². The number of hydrogen-bond acceptors (Lipinski definition) is 7. The first-order valence-electron chi connectivity index (χ1n) is 10.4. The van der Waals surface area contributed by atoms with Gasteiger partial charge in [0.1, 0.15) is 5.82 Å². The molecule has 1 aromatic carbocycles. The van der Waals surface area contributed by atoms with Gasteiger partial charge in [0, 0.05) is 17.1 Å². The molecule has 0 aliphatic rings. The number of nitrogens with one attached hydrogen (secondary N) is 2. The van der Waals surface area contributed by atoms with Crippen molar-refractivity contribution in [2.45, 2.75) is 64.9 Å². The van der Waals surface area contributed by atoms with Gasteiger partial charge >= 0.3 is 0 Å². The summed E-state index contributed by atoms with van der Waals surface area (Å²) < 4.78 is 1.87. The van der Waals surface area contributed by atoms with E-state index in [-0.39, 0.29) is 18.2 Å². The molecule has 0 saturated heterocycles. The van der Waals surface area contributed by atoms with Gasteiger partial charge in [-0.2, -0.15) is 0 Å². The van der Waals surface area contributed by atoms with Crippen LogP contribution in [0.25, 0.3) is 0 Å². The van der Waals surface area contributed by atoms with Crippen LogP contribution in [0.2, 0.25) is 0 Å². The molecule has 2 N–H and O–H groups in total. The number of carbonyl (C=O) groups excluding carboxylic acids is 2. The summed E-state index contributed by atoms with van der Waals surface area (Å²) in [5, 5.41) is 15.0. The molecule has 2 aromatic heterocycles. The summed E-state index contributed by atoms with van der Waals surface area (Å²) in [5.41, 5.74) is 3.97. The van der Waals surface area contributed by atoms with Crippen molar-refractivity contribution in [2.75, 3.05) is 10.6 Å². The number of hydrogen-bond donors (Lipinski definition) is 2. The van der Waals surface area contributed by atoms with Crippen molar-refractivity contribution < 1.29 is 9.59 Å². The summed E-state index contributed by atoms with van der Waals surface area (Å²) >= 11 is 2.77. The Labute approximate surface area is 196 Å². The highest BCUT2D eigenvalue weighted by Crippen LogP contribution is 2.26. The third kappa shape index (κ3) is 5.74. The molecule has 8 nitrogen and oxygen atoms in total. The fraction of sp³-hybridized carbons (Fsp3) is 0.409. The summed E-state index contributed by atoms with van der Waals surface area (Å²) in [6.07, 6.45) is 0.104. The monoisotopic (exact) mass is 472 g/mol. The van der Waals surface area contributed by atoms with Crippen LogP contribution in [0.1, 0.15) is 41.4 Å². The number of nitrogens with zero attached hydrogens (tertiary/aromatic N) is 4. The lowest BCUT2D eigenvalue weighted by atomic mass is 10.1. The zero-order chi connectivity index (χ0) is 23.4. The number of amides is 2. The predicted molar refractivity (Wildman–Crippen MR) is 129 cm³/mol. The van der Waals surface area contributed by atoms with Gasteiger partial charge in [0.25, 0.3) is 0 Å². The third-order valence-electron chi connectivity index (χ3n) is 5.13. The lowest BCUT2D eigenvalue weighted by Crippen LogP contribution is -2.23. The van der Waals surface area contributed by atoms with E-state index in [9.17, 15) is 9.59 Å². The van der Waals surface area contributed by atoms with Crippen molar-refractivity contribution in [3.05, 3.63) is 45.7 Å². The molecule has 0 aliphatic carbocycles. The van der Waals surface area contributed by atoms with Crippen LogP contribution in [0.3, 0.4) is 0 Å². The molecule has 1 unspecified atom stereocenters. The van der Waals surface area contributed by atoms with Gasteiger partial charge in [-0.1, -0.05) is 17.8 Å². The zero-order valence-corrected chi connectivity index (χ0v) is 20.8. The summed E-state index contributed by atoms with van der Waals surface area (Å²) in [7, 11) is 0. The minimum atomic E-state index is -0.397. The van der Waals surface area contributed by atoms with Gasteiger partial charge in [-0.15, -0.1) is 21.5 Å². The number of aromatic nitrogens is 4. The Morgan fingerprint density at radius 2 is 1.88 bits per heavy atom. The summed E-state index contributed by atoms with van der Waals surface area (Å²) in [6.45, 7) is 12.3. The highest BCUT2D eigenvalue weighted by atomic mass is 32.2. The van der Waals surface area contributed by atoms with Gasteiger partial charge in [0.2, 0.25) is 11.8 Å². The molecule has 32 heavy (non-hydrogen) atoms. The molecular formula is C22H28N6O2S2. The largest absolute Gasteiger partial charge is 0.326 e. The van der Waals surface area contributed by atoms with E-state index in [0.29, 0.717) is 22.7 Å². The van der Waals surface area contributed by atoms with E-state index in [0.717, 1.165) is 21.8 Å². The molecule has 0 bridgehead atoms. The lowest BCUT2D eigenvalue weighted by molar-refractivity contribution is -0.116. The van der Waals surface area contributed by atoms with E-state index in [1.807, 2.05) is 64.3 Å². The van der Waals surface area contributed by atoms with Crippen molar-refractivity contribution in [3.8, 4) is 0 Å². The first kappa shape index (κ1) is 23.9. The topological polar surface area (TPSA) is 102 Å². The number of rotatable bonds is 8. The number of thioether (sulfide) groups is 1. The molecule has 1 atom stereocenters. The van der Waals surface area contributed by atoms with Crippen LogP contribution in [0.4, 0.5) is 10.8 Å². The van der Waals surface area contributed by atoms with Crippen molar-refractivity contribution in [1.82, 2.24) is 19.7 Å². The molecule has 0 fully saturated rings. The first-order valence-corrected chi connectivity index (χ1v) is 12.1. The SMILES string of the molecule is CCn1c(CC(=O)Nc2ccc(C)c(C)c2)nnc1SC(C)C(=O)Nc1nc(C)c(C)s1. The van der Waals surface area contributed by atoms with Crippen LogP contribution in [-0.2, 0) is 22.6 Å². The van der Waals surface area contributed by atoms with Gasteiger partial charge in [-0.3, -0.25) is 9.59 Å². The van der Waals surface area contributed by atoms with Crippen LogP contribution in [0, 0.1) is 27.7 Å². The average Bonchev–Trinajstić information content (AvgIpc) is 3.26. The van der Waals surface area contributed by atoms with Crippen LogP contribution >= 0.6 is 23.1 Å². The Kier molecular flexibility index (Phi) is 7.68. The summed E-state index contributed by atoms with van der Waals surface area (Å²) in [6, 6.07) is 5.82. The van der Waals surface area contributed by atoms with Crippen molar-refractivity contribution in [1.29, 1.82) is 0 Å². The van der Waals surface area contributed by atoms with Crippen LogP contribution in [0.5, 0.6) is 0 Å². The number of aryl methyl sites for hydroxylation is 4. The normalized spacial score (nSPS) is 11.9. The van der Waals surface area contributed by atoms with E-state index < -0.39 is 5.25 Å². The molecule has 10 heteroatoms. The molecule has 0 spiro atoms. The van der Waals surface area contributed by atoms with Gasteiger partial charge in [-0.05, 0) is 64.8 Å². The molecule has 0 saturated carbocycles. The summed E-state index contributed by atoms with van der Waals surface area (Å²) in [5.74, 6) is 0.255. The Bertz CT molecular complexity index is 1120. The highest BCUT2D eigenvalue weighted by Gasteiger charge is 2.22. The quantitative estimate of drug-likeness (QED) is 0.474. The highest BCUT2D eigenvalue weighted by molar-refractivity contribution is 8.00. The Hall–Kier alpha value is -2.72. The maximum Gasteiger partial charge on any atom is 0.239 e. The minimum Gasteiger partial charge on any atom is -0.326 e. The van der Waals surface area contributed by atoms with E-state index in [1.54, 1.807) is 0 Å². The molecular weight excluding hydrogens is 444 g/mol. The molecule has 170 valence electrons. The maximum atomic E-state index is 12.6. The predicted octanol–water partition coefficient (Wildman–Crippen LogP) is 4.29. The van der Waals surface area contributed by atoms with Crippen LogP contribution in [0.15, 0.2) is 23.4 Å². The Morgan fingerprint density at radius 1 is 1.12 bits per heavy atom. The van der Waals surface area contributed by atoms with Gasteiger partial charge < -0.3 is 15.2 Å². The molecule has 2 heterocycles. The number of thiazole rings is 1. The fourth-order valence-corrected chi connectivity index (χ4v) is 4.72. The molecule has 3 rings (SSSR count). The maximum absolute atomic E-state index is 12.6. The Morgan fingerprint density at radius 3 is 2.50 bits per heavy atom. The smallest absolute Gasteiger partial charge is 0.239 e. The van der Waals surface area contributed by atoms with Crippen LogP contribution < -0.4 is 10.6 Å². The van der Waals surface area contributed by atoms with Crippen LogP contribution in [-0.4, -0.2) is 36.8 Å². The van der Waals surface area contributed by atoms with E-state index in [2.05, 4.69) is 25.8 Å². The van der Waals surface area contributed by atoms with Gasteiger partial charge in [0.15, 0.2) is 10.3 Å². The second kappa shape index (κ2) is 10.3. The van der Waals surface area contributed by atoms with E-state index >= 15 is 0 Å². The standard InChI is InChI=1S/C22H28N6O2S2/c1-7-28-18(11-19(29)24-17-9-8-12(2)13(3)10-17)26-27-22(28)32-16(6)20(30)25-21-23-14(4)15(5)31-21/h8-10,16H,7,11H2,1-6H3,(H,24,29)(H,23,25,30).